The predicted octanol–water partition coefficient (Wildman–Crippen LogP) is 3.20. The zero-order valence-corrected chi connectivity index (χ0v) is 18.6. The number of nitrogens with one attached hydrogen (secondary N) is 1. The molecule has 6 heteroatoms. The number of nitrogens with zero attached hydrogens (tertiary/aromatic N) is 1. The minimum absolute atomic E-state index is 0.0992. The van der Waals surface area contributed by atoms with E-state index < -0.39 is 11.3 Å². The quantitative estimate of drug-likeness (QED) is 0.600. The molecule has 1 N–H and O–H groups in total. The normalized spacial score (nSPS) is 18.5. The van der Waals surface area contributed by atoms with Crippen LogP contribution in [0, 0.1) is 24.2 Å². The molecule has 6 nitrogen and oxygen atoms in total. The van der Waals surface area contributed by atoms with Gasteiger partial charge in [-0.25, -0.2) is 4.79 Å². The number of hydrogen-bond acceptors (Lipinski definition) is 4. The van der Waals surface area contributed by atoms with Gasteiger partial charge in [-0.15, -0.1) is 5.92 Å². The lowest BCUT2D eigenvalue weighted by Crippen LogP contribution is -2.65. The first-order valence-corrected chi connectivity index (χ1v) is 10.2. The molecule has 3 rings (SSSR count). The molecule has 1 aliphatic carbocycles. The SMILES string of the molecule is CC#Cc1cc(C)c(C2C(=O)CC3(CC2=O)CN(C(=O)NC(C)(C)C)C3)c(OC)c1. The van der Waals surface area contributed by atoms with Crippen molar-refractivity contribution in [1.29, 1.82) is 0 Å². The Balaban J connectivity index is 1.79. The summed E-state index contributed by atoms with van der Waals surface area (Å²) in [7, 11) is 1.54. The fourth-order valence-corrected chi connectivity index (χ4v) is 4.56. The van der Waals surface area contributed by atoms with E-state index >= 15 is 0 Å². The molecule has 1 heterocycles. The van der Waals surface area contributed by atoms with Gasteiger partial charge in [0, 0.05) is 48.0 Å². The van der Waals surface area contributed by atoms with Crippen LogP contribution >= 0.6 is 0 Å². The molecule has 1 aromatic carbocycles. The van der Waals surface area contributed by atoms with E-state index in [1.54, 1.807) is 25.0 Å². The number of methoxy groups -OCH3 is 1. The molecule has 1 saturated heterocycles. The second-order valence-electron chi connectivity index (χ2n) is 9.54. The Morgan fingerprint density at radius 2 is 1.80 bits per heavy atom. The summed E-state index contributed by atoms with van der Waals surface area (Å²) in [6, 6.07) is 3.52. The lowest BCUT2D eigenvalue weighted by Gasteiger charge is -2.52. The van der Waals surface area contributed by atoms with Gasteiger partial charge in [0.25, 0.3) is 0 Å². The zero-order chi connectivity index (χ0) is 22.3. The van der Waals surface area contributed by atoms with E-state index in [9.17, 15) is 14.4 Å². The van der Waals surface area contributed by atoms with E-state index in [-0.39, 0.29) is 23.1 Å². The third kappa shape index (κ3) is 4.21. The minimum Gasteiger partial charge on any atom is -0.496 e. The lowest BCUT2D eigenvalue weighted by molar-refractivity contribution is -0.141. The maximum absolute atomic E-state index is 13.1. The van der Waals surface area contributed by atoms with E-state index in [4.69, 9.17) is 4.74 Å². The van der Waals surface area contributed by atoms with Crippen molar-refractivity contribution in [3.8, 4) is 17.6 Å². The van der Waals surface area contributed by atoms with Crippen molar-refractivity contribution in [2.75, 3.05) is 20.2 Å². The molecule has 0 aromatic heterocycles. The summed E-state index contributed by atoms with van der Waals surface area (Å²) in [6.45, 7) is 10.3. The topological polar surface area (TPSA) is 75.7 Å². The molecule has 160 valence electrons. The van der Waals surface area contributed by atoms with Crippen LogP contribution in [0.1, 0.15) is 63.1 Å². The molecule has 2 amide bonds. The summed E-state index contributed by atoms with van der Waals surface area (Å²) >= 11 is 0. The van der Waals surface area contributed by atoms with Crippen LogP contribution in [0.2, 0.25) is 0 Å². The van der Waals surface area contributed by atoms with Crippen molar-refractivity contribution < 1.29 is 19.1 Å². The Kier molecular flexibility index (Phi) is 5.68. The molecule has 0 bridgehead atoms. The molecule has 30 heavy (non-hydrogen) atoms. The van der Waals surface area contributed by atoms with Gasteiger partial charge in [0.05, 0.1) is 7.11 Å². The van der Waals surface area contributed by atoms with Crippen LogP contribution in [0.5, 0.6) is 5.75 Å². The van der Waals surface area contributed by atoms with Gasteiger partial charge < -0.3 is 15.0 Å². The van der Waals surface area contributed by atoms with Crippen molar-refractivity contribution >= 4 is 17.6 Å². The van der Waals surface area contributed by atoms with Crippen molar-refractivity contribution in [1.82, 2.24) is 10.2 Å². The maximum Gasteiger partial charge on any atom is 0.317 e. The number of aryl methyl sites for hydroxylation is 1. The number of carbonyl (C=O) groups excluding carboxylic acids is 3. The number of ketones is 2. The molecular formula is C24H30N2O4. The van der Waals surface area contributed by atoms with Crippen molar-refractivity contribution in [2.24, 2.45) is 5.41 Å². The largest absolute Gasteiger partial charge is 0.496 e. The van der Waals surface area contributed by atoms with Gasteiger partial charge in [0.2, 0.25) is 0 Å². The fraction of sp³-hybridized carbons (Fsp3) is 0.542. The number of urea groups is 1. The van der Waals surface area contributed by atoms with E-state index in [1.165, 1.54) is 0 Å². The van der Waals surface area contributed by atoms with E-state index in [1.807, 2.05) is 33.8 Å². The Morgan fingerprint density at radius 1 is 1.20 bits per heavy atom. The Bertz CT molecular complexity index is 936. The molecule has 2 aliphatic rings. The van der Waals surface area contributed by atoms with Crippen LogP contribution in [-0.2, 0) is 9.59 Å². The molecule has 0 atom stereocenters. The van der Waals surface area contributed by atoms with Gasteiger partial charge in [-0.2, -0.15) is 0 Å². The predicted molar refractivity (Wildman–Crippen MR) is 115 cm³/mol. The number of hydrogen-bond donors (Lipinski definition) is 1. The molecule has 1 aromatic rings. The highest BCUT2D eigenvalue weighted by Gasteiger charge is 2.54. The average Bonchev–Trinajstić information content (AvgIpc) is 2.59. The highest BCUT2D eigenvalue weighted by atomic mass is 16.5. The van der Waals surface area contributed by atoms with Gasteiger partial charge in [-0.3, -0.25) is 9.59 Å². The van der Waals surface area contributed by atoms with Crippen LogP contribution in [0.3, 0.4) is 0 Å². The Labute approximate surface area is 178 Å². The lowest BCUT2D eigenvalue weighted by atomic mass is 9.63. The standard InChI is InChI=1S/C24H30N2O4/c1-7-8-16-9-15(2)20(19(10-16)30-6)21-17(27)11-24(12-18(21)28)13-26(14-24)22(29)25-23(3,4)5/h9-10,21H,11-14H2,1-6H3,(H,25,29). The van der Waals surface area contributed by atoms with Crippen molar-refractivity contribution in [3.63, 3.8) is 0 Å². The van der Waals surface area contributed by atoms with Gasteiger partial charge >= 0.3 is 6.03 Å². The molecule has 0 radical (unpaired) electrons. The van der Waals surface area contributed by atoms with Crippen LogP contribution in [0.25, 0.3) is 0 Å². The number of Topliss-reactive ketones (excluding diaryl/α,β-unsaturated/α-hetero) is 2. The van der Waals surface area contributed by atoms with Gasteiger partial charge in [-0.1, -0.05) is 5.92 Å². The first kappa shape index (κ1) is 21.9. The summed E-state index contributed by atoms with van der Waals surface area (Å²) in [6.07, 6.45) is 0.587. The van der Waals surface area contributed by atoms with Crippen LogP contribution in [0.15, 0.2) is 12.1 Å². The minimum atomic E-state index is -0.813. The van der Waals surface area contributed by atoms with Crippen LogP contribution in [0.4, 0.5) is 4.79 Å². The fourth-order valence-electron chi connectivity index (χ4n) is 4.56. The summed E-state index contributed by atoms with van der Waals surface area (Å²) in [4.78, 5) is 40.3. The number of likely N-dealkylation sites (tertiary alicyclic amines) is 1. The highest BCUT2D eigenvalue weighted by molar-refractivity contribution is 6.11. The van der Waals surface area contributed by atoms with Crippen LogP contribution in [-0.4, -0.2) is 48.2 Å². The number of rotatable bonds is 2. The second-order valence-corrected chi connectivity index (χ2v) is 9.54. The van der Waals surface area contributed by atoms with E-state index in [0.717, 1.165) is 11.1 Å². The Hall–Kier alpha value is -2.81. The third-order valence-electron chi connectivity index (χ3n) is 5.69. The molecule has 1 spiro atoms. The zero-order valence-electron chi connectivity index (χ0n) is 18.6. The number of ether oxygens (including phenoxy) is 1. The van der Waals surface area contributed by atoms with Crippen LogP contribution < -0.4 is 10.1 Å². The van der Waals surface area contributed by atoms with Gasteiger partial charge in [0.15, 0.2) is 0 Å². The molecular weight excluding hydrogens is 380 g/mol. The number of carbonyl (C=O) groups is 3. The van der Waals surface area contributed by atoms with Gasteiger partial charge in [0.1, 0.15) is 23.2 Å². The van der Waals surface area contributed by atoms with Gasteiger partial charge in [-0.05, 0) is 52.3 Å². The smallest absolute Gasteiger partial charge is 0.317 e. The van der Waals surface area contributed by atoms with E-state index in [2.05, 4.69) is 17.2 Å². The molecule has 2 fully saturated rings. The van der Waals surface area contributed by atoms with Crippen molar-refractivity contribution in [2.45, 2.75) is 58.9 Å². The highest BCUT2D eigenvalue weighted by Crippen LogP contribution is 2.47. The van der Waals surface area contributed by atoms with E-state index in [0.29, 0.717) is 37.2 Å². The molecule has 1 saturated carbocycles. The number of amides is 2. The first-order valence-electron chi connectivity index (χ1n) is 10.2. The molecule has 0 unspecified atom stereocenters. The van der Waals surface area contributed by atoms with Crippen molar-refractivity contribution in [3.05, 3.63) is 28.8 Å². The molecule has 1 aliphatic heterocycles. The summed E-state index contributed by atoms with van der Waals surface area (Å²) in [5.74, 6) is 5.36. The first-order chi connectivity index (χ1) is 14.0. The Morgan fingerprint density at radius 3 is 2.30 bits per heavy atom. The maximum atomic E-state index is 13.1. The second kappa shape index (κ2) is 7.79. The summed E-state index contributed by atoms with van der Waals surface area (Å²) in [5.41, 5.74) is 1.50. The summed E-state index contributed by atoms with van der Waals surface area (Å²) < 4.78 is 5.52. The summed E-state index contributed by atoms with van der Waals surface area (Å²) in [5, 5.41) is 2.93. The third-order valence-corrected chi connectivity index (χ3v) is 5.69. The average molecular weight is 411 g/mol. The number of benzene rings is 1. The monoisotopic (exact) mass is 410 g/mol.